The number of hydrogen-bond donors (Lipinski definition) is 3. The van der Waals surface area contributed by atoms with Crippen LogP contribution in [0.15, 0.2) is 24.3 Å². The van der Waals surface area contributed by atoms with Crippen molar-refractivity contribution >= 4 is 39.1 Å². The summed E-state index contributed by atoms with van der Waals surface area (Å²) >= 11 is 0. The van der Waals surface area contributed by atoms with E-state index in [1.54, 1.807) is 24.3 Å². The zero-order chi connectivity index (χ0) is 26.0. The minimum atomic E-state index is -3.68. The van der Waals surface area contributed by atoms with Crippen LogP contribution in [0.5, 0.6) is 0 Å². The van der Waals surface area contributed by atoms with Crippen molar-refractivity contribution in [1.82, 2.24) is 9.97 Å². The van der Waals surface area contributed by atoms with E-state index in [0.29, 0.717) is 34.1 Å². The Hall–Kier alpha value is -2.92. The summed E-state index contributed by atoms with van der Waals surface area (Å²) in [6.45, 7) is 4.88. The quantitative estimate of drug-likeness (QED) is 0.477. The van der Waals surface area contributed by atoms with Crippen LogP contribution in [0.3, 0.4) is 0 Å². The summed E-state index contributed by atoms with van der Waals surface area (Å²) < 4.78 is 27.0. The fourth-order valence-corrected chi connectivity index (χ4v) is 6.16. The Kier molecular flexibility index (Phi) is 7.26. The monoisotopic (exact) mass is 528 g/mol. The second kappa shape index (κ2) is 10.4. The van der Waals surface area contributed by atoms with E-state index in [1.165, 1.54) is 19.3 Å². The van der Waals surface area contributed by atoms with Gasteiger partial charge in [-0.2, -0.15) is 4.98 Å². The van der Waals surface area contributed by atoms with Crippen LogP contribution in [-0.4, -0.2) is 67.9 Å². The van der Waals surface area contributed by atoms with Crippen LogP contribution in [0.4, 0.5) is 23.1 Å². The topological polar surface area (TPSA) is 128 Å². The van der Waals surface area contributed by atoms with E-state index in [0.717, 1.165) is 57.6 Å². The SMILES string of the molecule is Cc1cc(NC(=O)c2ccc(NS(=O)(=O)CCO)cc2N2CCC3(CC2)CC3)nc(N2CCCCC2)n1. The summed E-state index contributed by atoms with van der Waals surface area (Å²) in [5.74, 6) is 0.402. The van der Waals surface area contributed by atoms with Crippen LogP contribution >= 0.6 is 0 Å². The maximum absolute atomic E-state index is 13.5. The van der Waals surface area contributed by atoms with Crippen molar-refractivity contribution in [3.63, 3.8) is 0 Å². The molecule has 0 bridgehead atoms. The summed E-state index contributed by atoms with van der Waals surface area (Å²) in [5.41, 5.74) is 2.78. The van der Waals surface area contributed by atoms with Crippen molar-refractivity contribution in [2.45, 2.75) is 51.9 Å². The summed E-state index contributed by atoms with van der Waals surface area (Å²) in [6, 6.07) is 6.73. The van der Waals surface area contributed by atoms with Gasteiger partial charge in [-0.25, -0.2) is 13.4 Å². The summed E-state index contributed by atoms with van der Waals surface area (Å²) in [5, 5.41) is 12.0. The number of amides is 1. The standard InChI is InChI=1S/C26H36N6O4S/c1-19-17-23(29-25(27-19)32-11-3-2-4-12-32)28-24(34)21-6-5-20(30-37(35,36)16-15-33)18-22(21)31-13-9-26(7-8-26)10-14-31/h5-6,17-18,30,33H,2-4,7-16H2,1H3,(H,27,28,29,34). The van der Waals surface area contributed by atoms with Crippen molar-refractivity contribution in [3.8, 4) is 0 Å². The van der Waals surface area contributed by atoms with E-state index in [4.69, 9.17) is 5.11 Å². The number of aliphatic hydroxyl groups is 1. The zero-order valence-electron chi connectivity index (χ0n) is 21.4. The molecule has 3 heterocycles. The number of rotatable bonds is 8. The Bertz CT molecular complexity index is 1250. The molecular formula is C26H36N6O4S. The van der Waals surface area contributed by atoms with Crippen molar-refractivity contribution in [2.75, 3.05) is 58.4 Å². The molecule has 2 aromatic rings. The molecule has 1 aromatic heterocycles. The number of anilines is 4. The van der Waals surface area contributed by atoms with E-state index in [2.05, 4.69) is 29.8 Å². The van der Waals surface area contributed by atoms with Crippen molar-refractivity contribution in [2.24, 2.45) is 5.41 Å². The molecule has 1 spiro atoms. The second-order valence-electron chi connectivity index (χ2n) is 10.6. The molecule has 1 aromatic carbocycles. The van der Waals surface area contributed by atoms with Gasteiger partial charge in [0.05, 0.1) is 29.3 Å². The number of carbonyl (C=O) groups is 1. The third-order valence-corrected chi connectivity index (χ3v) is 8.99. The average Bonchev–Trinajstić information content (AvgIpc) is 3.63. The molecule has 10 nitrogen and oxygen atoms in total. The number of hydrogen-bond acceptors (Lipinski definition) is 8. The van der Waals surface area contributed by atoms with Crippen LogP contribution in [-0.2, 0) is 10.0 Å². The maximum Gasteiger partial charge on any atom is 0.258 e. The molecule has 200 valence electrons. The van der Waals surface area contributed by atoms with E-state index < -0.39 is 16.6 Å². The minimum absolute atomic E-state index is 0.297. The Labute approximate surface area is 218 Å². The number of piperidine rings is 2. The molecular weight excluding hydrogens is 492 g/mol. The Morgan fingerprint density at radius 2 is 1.73 bits per heavy atom. The van der Waals surface area contributed by atoms with Gasteiger partial charge in [0.15, 0.2) is 0 Å². The third kappa shape index (κ3) is 6.15. The predicted octanol–water partition coefficient (Wildman–Crippen LogP) is 3.14. The Balaban J connectivity index is 1.40. The molecule has 3 fully saturated rings. The predicted molar refractivity (Wildman–Crippen MR) is 145 cm³/mol. The van der Waals surface area contributed by atoms with Gasteiger partial charge in [0.1, 0.15) is 5.82 Å². The number of sulfonamides is 1. The smallest absolute Gasteiger partial charge is 0.258 e. The largest absolute Gasteiger partial charge is 0.395 e. The van der Waals surface area contributed by atoms with Crippen molar-refractivity contribution in [3.05, 3.63) is 35.5 Å². The fraction of sp³-hybridized carbons (Fsp3) is 0.577. The highest BCUT2D eigenvalue weighted by Gasteiger charge is 2.44. The molecule has 1 saturated carbocycles. The molecule has 1 aliphatic carbocycles. The lowest BCUT2D eigenvalue weighted by Crippen LogP contribution is -2.36. The van der Waals surface area contributed by atoms with Crippen LogP contribution in [0.25, 0.3) is 0 Å². The first-order valence-electron chi connectivity index (χ1n) is 13.2. The van der Waals surface area contributed by atoms with Crippen LogP contribution in [0, 0.1) is 12.3 Å². The number of benzene rings is 1. The number of aromatic nitrogens is 2. The fourth-order valence-electron chi connectivity index (χ4n) is 5.33. The highest BCUT2D eigenvalue weighted by Crippen LogP contribution is 2.54. The third-order valence-electron chi connectivity index (χ3n) is 7.72. The van der Waals surface area contributed by atoms with Gasteiger partial charge in [-0.05, 0) is 75.5 Å². The lowest BCUT2D eigenvalue weighted by atomic mass is 9.93. The molecule has 2 saturated heterocycles. The van der Waals surface area contributed by atoms with Gasteiger partial charge >= 0.3 is 0 Å². The first-order valence-corrected chi connectivity index (χ1v) is 14.8. The molecule has 0 radical (unpaired) electrons. The number of carbonyl (C=O) groups excluding carboxylic acids is 1. The Morgan fingerprint density at radius 1 is 1.00 bits per heavy atom. The first kappa shape index (κ1) is 25.7. The molecule has 0 atom stereocenters. The van der Waals surface area contributed by atoms with Gasteiger partial charge < -0.3 is 20.2 Å². The van der Waals surface area contributed by atoms with Crippen LogP contribution < -0.4 is 19.8 Å². The molecule has 5 rings (SSSR count). The summed E-state index contributed by atoms with van der Waals surface area (Å²) in [6.07, 6.45) is 8.08. The Morgan fingerprint density at radius 3 is 2.41 bits per heavy atom. The normalized spacial score (nSPS) is 19.1. The van der Waals surface area contributed by atoms with Crippen LogP contribution in [0.1, 0.15) is 61.0 Å². The maximum atomic E-state index is 13.5. The van der Waals surface area contributed by atoms with E-state index in [-0.39, 0.29) is 11.7 Å². The van der Waals surface area contributed by atoms with Gasteiger partial charge in [-0.15, -0.1) is 0 Å². The summed E-state index contributed by atoms with van der Waals surface area (Å²) in [4.78, 5) is 27.1. The average molecular weight is 529 g/mol. The second-order valence-corrected chi connectivity index (χ2v) is 12.4. The van der Waals surface area contributed by atoms with Crippen LogP contribution in [0.2, 0.25) is 0 Å². The van der Waals surface area contributed by atoms with Gasteiger partial charge in [0.2, 0.25) is 16.0 Å². The van der Waals surface area contributed by atoms with Crippen molar-refractivity contribution in [1.29, 1.82) is 0 Å². The first-order chi connectivity index (χ1) is 17.8. The molecule has 3 N–H and O–H groups in total. The van der Waals surface area contributed by atoms with Gasteiger partial charge in [0.25, 0.3) is 5.91 Å². The van der Waals surface area contributed by atoms with E-state index in [1.807, 2.05) is 6.92 Å². The van der Waals surface area contributed by atoms with Gasteiger partial charge in [-0.1, -0.05) is 0 Å². The molecule has 37 heavy (non-hydrogen) atoms. The molecule has 1 amide bonds. The highest BCUT2D eigenvalue weighted by molar-refractivity contribution is 7.92. The van der Waals surface area contributed by atoms with E-state index >= 15 is 0 Å². The summed E-state index contributed by atoms with van der Waals surface area (Å²) in [7, 11) is -3.68. The zero-order valence-corrected chi connectivity index (χ0v) is 22.2. The molecule has 11 heteroatoms. The number of nitrogens with one attached hydrogen (secondary N) is 2. The number of nitrogens with zero attached hydrogens (tertiary/aromatic N) is 4. The van der Waals surface area contributed by atoms with Gasteiger partial charge in [-0.3, -0.25) is 9.52 Å². The highest BCUT2D eigenvalue weighted by atomic mass is 32.2. The number of aryl methyl sites for hydroxylation is 1. The molecule has 2 aliphatic heterocycles. The van der Waals surface area contributed by atoms with Crippen molar-refractivity contribution < 1.29 is 18.3 Å². The lowest BCUT2D eigenvalue weighted by molar-refractivity contribution is 0.102. The van der Waals surface area contributed by atoms with E-state index in [9.17, 15) is 13.2 Å². The minimum Gasteiger partial charge on any atom is -0.395 e. The lowest BCUT2D eigenvalue weighted by Gasteiger charge is -2.35. The molecule has 3 aliphatic rings. The number of aliphatic hydroxyl groups excluding tert-OH is 1. The molecule has 0 unspecified atom stereocenters. The van der Waals surface area contributed by atoms with Gasteiger partial charge in [0, 0.05) is 37.9 Å².